The van der Waals surface area contributed by atoms with Crippen molar-refractivity contribution in [2.75, 3.05) is 72.6 Å². The number of nitrogens with one attached hydrogen (secondary N) is 1. The first-order valence-corrected chi connectivity index (χ1v) is 9.84. The molecule has 0 bridgehead atoms. The Morgan fingerprint density at radius 1 is 0.538 bits per heavy atom. The van der Waals surface area contributed by atoms with Gasteiger partial charge in [0.2, 0.25) is 0 Å². The van der Waals surface area contributed by atoms with Crippen LogP contribution in [0.3, 0.4) is 0 Å². The van der Waals surface area contributed by atoms with Crippen LogP contribution in [0, 0.1) is 5.41 Å². The van der Waals surface area contributed by atoms with E-state index in [2.05, 4.69) is 46.9 Å². The fourth-order valence-electron chi connectivity index (χ4n) is 1.90. The predicted octanol–water partition coefficient (Wildman–Crippen LogP) is 2.89. The van der Waals surface area contributed by atoms with Crippen LogP contribution in [0.1, 0.15) is 48.0 Å². The van der Waals surface area contributed by atoms with Gasteiger partial charge in [0.05, 0.1) is 52.9 Å². The van der Waals surface area contributed by atoms with E-state index in [-0.39, 0.29) is 11.0 Å². The zero-order valence-corrected chi connectivity index (χ0v) is 18.0. The summed E-state index contributed by atoms with van der Waals surface area (Å²) in [4.78, 5) is 0. The maximum atomic E-state index is 5.53. The third-order valence-electron chi connectivity index (χ3n) is 3.13. The number of rotatable bonds is 17. The lowest BCUT2D eigenvalue weighted by molar-refractivity contribution is -0.00512. The van der Waals surface area contributed by atoms with E-state index in [4.69, 9.17) is 23.7 Å². The molecular weight excluding hydrogens is 334 g/mol. The maximum absolute atomic E-state index is 5.53. The van der Waals surface area contributed by atoms with Gasteiger partial charge in [0.25, 0.3) is 0 Å². The van der Waals surface area contributed by atoms with Gasteiger partial charge in [-0.15, -0.1) is 0 Å². The molecule has 0 saturated carbocycles. The summed E-state index contributed by atoms with van der Waals surface area (Å²) < 4.78 is 27.5. The van der Waals surface area contributed by atoms with E-state index < -0.39 is 0 Å². The Hall–Kier alpha value is -0.240. The normalized spacial score (nSPS) is 12.7. The highest BCUT2D eigenvalue weighted by molar-refractivity contribution is 4.69. The lowest BCUT2D eigenvalue weighted by atomic mass is 9.99. The molecule has 26 heavy (non-hydrogen) atoms. The van der Waals surface area contributed by atoms with Crippen molar-refractivity contribution in [2.24, 2.45) is 5.41 Å². The molecule has 6 nitrogen and oxygen atoms in total. The lowest BCUT2D eigenvalue weighted by Gasteiger charge is -2.20. The Kier molecular flexibility index (Phi) is 15.6. The van der Waals surface area contributed by atoms with Crippen LogP contribution in [0.4, 0.5) is 0 Å². The molecular formula is C20H43NO5. The van der Waals surface area contributed by atoms with Crippen molar-refractivity contribution in [3.8, 4) is 0 Å². The second-order valence-electron chi connectivity index (χ2n) is 8.59. The minimum atomic E-state index is 0.144. The summed E-state index contributed by atoms with van der Waals surface area (Å²) in [5.74, 6) is 0. The molecule has 0 heterocycles. The van der Waals surface area contributed by atoms with E-state index in [1.165, 1.54) is 0 Å². The highest BCUT2D eigenvalue weighted by Crippen LogP contribution is 2.12. The summed E-state index contributed by atoms with van der Waals surface area (Å²) in [6.45, 7) is 20.4. The van der Waals surface area contributed by atoms with Gasteiger partial charge < -0.3 is 29.0 Å². The fraction of sp³-hybridized carbons (Fsp3) is 1.00. The molecule has 6 heteroatoms. The van der Waals surface area contributed by atoms with Crippen molar-refractivity contribution in [3.05, 3.63) is 0 Å². The van der Waals surface area contributed by atoms with Gasteiger partial charge in [-0.1, -0.05) is 20.8 Å². The van der Waals surface area contributed by atoms with Gasteiger partial charge in [-0.05, 0) is 32.6 Å². The Morgan fingerprint density at radius 3 is 1.42 bits per heavy atom. The maximum Gasteiger partial charge on any atom is 0.0701 e. The van der Waals surface area contributed by atoms with Crippen LogP contribution < -0.4 is 5.32 Å². The van der Waals surface area contributed by atoms with E-state index in [1.807, 2.05) is 0 Å². The van der Waals surface area contributed by atoms with E-state index in [0.29, 0.717) is 59.5 Å². The highest BCUT2D eigenvalue weighted by atomic mass is 16.5. The molecule has 0 rings (SSSR count). The van der Waals surface area contributed by atoms with Gasteiger partial charge in [-0.2, -0.15) is 0 Å². The molecule has 0 saturated heterocycles. The Bertz CT molecular complexity index is 270. The minimum Gasteiger partial charge on any atom is -0.379 e. The molecule has 158 valence electrons. The van der Waals surface area contributed by atoms with Crippen LogP contribution in [0.5, 0.6) is 0 Å². The standard InChI is InChI=1S/C20H43NO5/c1-19(2,3)18-26-17-16-25-15-13-23-10-7-9-22-12-14-24-11-8-21-20(4,5)6/h21H,7-18H2,1-6H3. The smallest absolute Gasteiger partial charge is 0.0701 e. The fourth-order valence-corrected chi connectivity index (χ4v) is 1.90. The van der Waals surface area contributed by atoms with Crippen LogP contribution in [0.2, 0.25) is 0 Å². The monoisotopic (exact) mass is 377 g/mol. The second kappa shape index (κ2) is 15.8. The third-order valence-corrected chi connectivity index (χ3v) is 3.13. The van der Waals surface area contributed by atoms with Crippen molar-refractivity contribution >= 4 is 0 Å². The Morgan fingerprint density at radius 2 is 0.962 bits per heavy atom. The van der Waals surface area contributed by atoms with Gasteiger partial charge in [0.1, 0.15) is 0 Å². The highest BCUT2D eigenvalue weighted by Gasteiger charge is 2.09. The topological polar surface area (TPSA) is 58.2 Å². The molecule has 0 unspecified atom stereocenters. The van der Waals surface area contributed by atoms with Crippen LogP contribution >= 0.6 is 0 Å². The molecule has 0 aromatic rings. The first-order valence-electron chi connectivity index (χ1n) is 9.84. The molecule has 0 aliphatic rings. The first kappa shape index (κ1) is 25.8. The summed E-state index contributed by atoms with van der Waals surface area (Å²) in [6, 6.07) is 0. The molecule has 0 aliphatic carbocycles. The van der Waals surface area contributed by atoms with E-state index in [1.54, 1.807) is 0 Å². The number of hydrogen-bond acceptors (Lipinski definition) is 6. The van der Waals surface area contributed by atoms with Crippen molar-refractivity contribution < 1.29 is 23.7 Å². The summed E-state index contributed by atoms with van der Waals surface area (Å²) in [5.41, 5.74) is 0.353. The van der Waals surface area contributed by atoms with Crippen LogP contribution in [-0.4, -0.2) is 78.2 Å². The van der Waals surface area contributed by atoms with Crippen molar-refractivity contribution in [1.82, 2.24) is 5.32 Å². The van der Waals surface area contributed by atoms with Gasteiger partial charge >= 0.3 is 0 Å². The van der Waals surface area contributed by atoms with Crippen LogP contribution in [0.15, 0.2) is 0 Å². The third kappa shape index (κ3) is 23.8. The molecule has 0 atom stereocenters. The summed E-state index contributed by atoms with van der Waals surface area (Å²) >= 11 is 0. The van der Waals surface area contributed by atoms with Crippen molar-refractivity contribution in [2.45, 2.75) is 53.5 Å². The van der Waals surface area contributed by atoms with E-state index in [0.717, 1.165) is 19.6 Å². The molecule has 0 aromatic carbocycles. The van der Waals surface area contributed by atoms with Crippen LogP contribution in [-0.2, 0) is 23.7 Å². The SMILES string of the molecule is CC(C)(C)COCCOCCOCCCOCCOCCNC(C)(C)C. The second-order valence-corrected chi connectivity index (χ2v) is 8.59. The Balaban J connectivity index is 3.07. The van der Waals surface area contributed by atoms with Crippen molar-refractivity contribution in [1.29, 1.82) is 0 Å². The first-order chi connectivity index (χ1) is 12.2. The minimum absolute atomic E-state index is 0.144. The predicted molar refractivity (Wildman–Crippen MR) is 106 cm³/mol. The summed E-state index contributed by atoms with van der Waals surface area (Å²) in [6.07, 6.45) is 0.889. The molecule has 0 amide bonds. The van der Waals surface area contributed by atoms with Gasteiger partial charge in [-0.25, -0.2) is 0 Å². The van der Waals surface area contributed by atoms with Crippen molar-refractivity contribution in [3.63, 3.8) is 0 Å². The zero-order valence-electron chi connectivity index (χ0n) is 18.0. The number of ether oxygens (including phenoxy) is 5. The average molecular weight is 378 g/mol. The quantitative estimate of drug-likeness (QED) is 0.393. The Labute approximate surface area is 161 Å². The van der Waals surface area contributed by atoms with Crippen LogP contribution in [0.25, 0.3) is 0 Å². The molecule has 0 fully saturated rings. The van der Waals surface area contributed by atoms with Gasteiger partial charge in [0, 0.05) is 25.3 Å². The zero-order chi connectivity index (χ0) is 19.7. The van der Waals surface area contributed by atoms with E-state index in [9.17, 15) is 0 Å². The lowest BCUT2D eigenvalue weighted by Crippen LogP contribution is -2.38. The summed E-state index contributed by atoms with van der Waals surface area (Å²) in [7, 11) is 0. The molecule has 0 spiro atoms. The van der Waals surface area contributed by atoms with E-state index >= 15 is 0 Å². The molecule has 0 aromatic heterocycles. The molecule has 0 radical (unpaired) electrons. The largest absolute Gasteiger partial charge is 0.379 e. The molecule has 0 aliphatic heterocycles. The summed E-state index contributed by atoms with van der Waals surface area (Å²) in [5, 5.41) is 3.38. The van der Waals surface area contributed by atoms with Gasteiger partial charge in [-0.3, -0.25) is 0 Å². The van der Waals surface area contributed by atoms with Gasteiger partial charge in [0.15, 0.2) is 0 Å². The average Bonchev–Trinajstić information content (AvgIpc) is 2.51. The number of hydrogen-bond donors (Lipinski definition) is 1. The molecule has 1 N–H and O–H groups in total.